The Labute approximate surface area is 183 Å². The van der Waals surface area contributed by atoms with Crippen molar-refractivity contribution in [2.75, 3.05) is 0 Å². The average Bonchev–Trinajstić information content (AvgIpc) is 3.21. The van der Waals surface area contributed by atoms with Crippen LogP contribution >= 0.6 is 15.9 Å². The minimum absolute atomic E-state index is 0.0334. The van der Waals surface area contributed by atoms with Gasteiger partial charge in [-0.15, -0.1) is 0 Å². The molecule has 152 valence electrons. The third-order valence-electron chi connectivity index (χ3n) is 5.75. The fourth-order valence-electron chi connectivity index (χ4n) is 4.11. The molecule has 2 aromatic rings. The third-order valence-corrected chi connectivity index (χ3v) is 6.28. The molecule has 1 aliphatic carbocycles. The Balaban J connectivity index is 1.71. The van der Waals surface area contributed by atoms with Gasteiger partial charge in [0.05, 0.1) is 0 Å². The molecule has 0 spiro atoms. The Kier molecular flexibility index (Phi) is 5.74. The standard InChI is InChI=1S/C24H21BrN2O3/c1-15-20(13-19-11-12-22(30-19)16-7-9-17(25)10-8-16)23(28)27(24(29)21(15)14-26)18-5-3-2-4-6-18/h7-13,18H,2-6H2,1H3/b20-13+. The lowest BCUT2D eigenvalue weighted by Gasteiger charge is -2.36. The first-order valence-electron chi connectivity index (χ1n) is 10.1. The highest BCUT2D eigenvalue weighted by Crippen LogP contribution is 2.33. The number of rotatable bonds is 3. The number of hydrogen-bond donors (Lipinski definition) is 0. The summed E-state index contributed by atoms with van der Waals surface area (Å²) in [4.78, 5) is 27.4. The summed E-state index contributed by atoms with van der Waals surface area (Å²) in [6.07, 6.45) is 6.30. The van der Waals surface area contributed by atoms with Crippen LogP contribution in [-0.2, 0) is 9.59 Å². The van der Waals surface area contributed by atoms with Gasteiger partial charge in [0.2, 0.25) is 0 Å². The lowest BCUT2D eigenvalue weighted by atomic mass is 9.89. The zero-order valence-electron chi connectivity index (χ0n) is 16.7. The monoisotopic (exact) mass is 464 g/mol. The van der Waals surface area contributed by atoms with Crippen LogP contribution in [0, 0.1) is 11.3 Å². The summed E-state index contributed by atoms with van der Waals surface area (Å²) < 4.78 is 6.91. The van der Waals surface area contributed by atoms with Gasteiger partial charge in [0.15, 0.2) is 0 Å². The number of imide groups is 1. The van der Waals surface area contributed by atoms with E-state index in [0.29, 0.717) is 22.7 Å². The van der Waals surface area contributed by atoms with Crippen LogP contribution in [0.15, 0.2) is 62.0 Å². The molecule has 0 bridgehead atoms. The van der Waals surface area contributed by atoms with Gasteiger partial charge in [0.1, 0.15) is 23.2 Å². The van der Waals surface area contributed by atoms with Crippen LogP contribution in [0.1, 0.15) is 44.8 Å². The maximum atomic E-state index is 13.3. The largest absolute Gasteiger partial charge is 0.457 e. The van der Waals surface area contributed by atoms with Crippen LogP contribution in [0.3, 0.4) is 0 Å². The first kappa shape index (κ1) is 20.4. The van der Waals surface area contributed by atoms with Gasteiger partial charge in [-0.05, 0) is 55.7 Å². The van der Waals surface area contributed by atoms with Gasteiger partial charge in [-0.1, -0.05) is 47.3 Å². The second-order valence-corrected chi connectivity index (χ2v) is 8.57. The quantitative estimate of drug-likeness (QED) is 0.435. The first-order chi connectivity index (χ1) is 14.5. The summed E-state index contributed by atoms with van der Waals surface area (Å²) >= 11 is 3.42. The van der Waals surface area contributed by atoms with Gasteiger partial charge in [-0.25, -0.2) is 0 Å². The predicted octanol–water partition coefficient (Wildman–Crippen LogP) is 5.63. The number of carbonyl (C=O) groups is 2. The molecule has 0 saturated heterocycles. The van der Waals surface area contributed by atoms with Crippen molar-refractivity contribution in [1.82, 2.24) is 4.90 Å². The molecule has 2 aliphatic rings. The van der Waals surface area contributed by atoms with Crippen molar-refractivity contribution >= 4 is 33.8 Å². The van der Waals surface area contributed by atoms with Crippen LogP contribution in [0.5, 0.6) is 0 Å². The van der Waals surface area contributed by atoms with Crippen LogP contribution < -0.4 is 0 Å². The maximum absolute atomic E-state index is 13.3. The smallest absolute Gasteiger partial charge is 0.271 e. The molecule has 1 aromatic heterocycles. The minimum atomic E-state index is -0.473. The van der Waals surface area contributed by atoms with Crippen LogP contribution in [0.25, 0.3) is 17.4 Å². The van der Waals surface area contributed by atoms with Crippen molar-refractivity contribution in [1.29, 1.82) is 5.26 Å². The number of nitrogens with zero attached hydrogens (tertiary/aromatic N) is 2. The lowest BCUT2D eigenvalue weighted by molar-refractivity contribution is -0.143. The Morgan fingerprint density at radius 3 is 2.43 bits per heavy atom. The van der Waals surface area contributed by atoms with E-state index >= 15 is 0 Å². The van der Waals surface area contributed by atoms with E-state index < -0.39 is 5.91 Å². The van der Waals surface area contributed by atoms with E-state index in [9.17, 15) is 14.9 Å². The fraction of sp³-hybridized carbons (Fsp3) is 0.292. The number of furan rings is 1. The molecular weight excluding hydrogens is 444 g/mol. The molecular formula is C24H21BrN2O3. The van der Waals surface area contributed by atoms with E-state index in [1.54, 1.807) is 19.1 Å². The Morgan fingerprint density at radius 1 is 1.07 bits per heavy atom. The Hall–Kier alpha value is -2.91. The van der Waals surface area contributed by atoms with Crippen molar-refractivity contribution in [3.63, 3.8) is 0 Å². The SMILES string of the molecule is CC1=C(C#N)C(=O)N(C2CCCCC2)C(=O)/C1=C/c1ccc(-c2ccc(Br)cc2)o1. The molecule has 5 nitrogen and oxygen atoms in total. The topological polar surface area (TPSA) is 74.3 Å². The highest BCUT2D eigenvalue weighted by molar-refractivity contribution is 9.10. The number of hydrogen-bond acceptors (Lipinski definition) is 4. The van der Waals surface area contributed by atoms with Crippen molar-refractivity contribution in [2.24, 2.45) is 0 Å². The van der Waals surface area contributed by atoms with Crippen LogP contribution in [0.2, 0.25) is 0 Å². The summed E-state index contributed by atoms with van der Waals surface area (Å²) in [5.74, 6) is 0.370. The fourth-order valence-corrected chi connectivity index (χ4v) is 4.38. The van der Waals surface area contributed by atoms with Gasteiger partial charge in [0.25, 0.3) is 11.8 Å². The Bertz CT molecular complexity index is 1100. The molecule has 0 radical (unpaired) electrons. The molecule has 6 heteroatoms. The highest BCUT2D eigenvalue weighted by Gasteiger charge is 2.39. The summed E-state index contributed by atoms with van der Waals surface area (Å²) in [5, 5.41) is 9.57. The maximum Gasteiger partial charge on any atom is 0.271 e. The van der Waals surface area contributed by atoms with Gasteiger partial charge in [0, 0.05) is 21.7 Å². The van der Waals surface area contributed by atoms with E-state index in [4.69, 9.17) is 4.42 Å². The molecule has 2 heterocycles. The zero-order chi connectivity index (χ0) is 21.3. The van der Waals surface area contributed by atoms with E-state index in [-0.39, 0.29) is 17.5 Å². The summed E-state index contributed by atoms with van der Waals surface area (Å²) in [7, 11) is 0. The molecule has 1 saturated carbocycles. The summed E-state index contributed by atoms with van der Waals surface area (Å²) in [5.41, 5.74) is 1.70. The second-order valence-electron chi connectivity index (χ2n) is 7.65. The summed E-state index contributed by atoms with van der Waals surface area (Å²) in [6.45, 7) is 1.65. The third kappa shape index (κ3) is 3.78. The number of benzene rings is 1. The number of nitriles is 1. The first-order valence-corrected chi connectivity index (χ1v) is 10.9. The molecule has 0 atom stereocenters. The molecule has 2 amide bonds. The predicted molar refractivity (Wildman–Crippen MR) is 117 cm³/mol. The van der Waals surface area contributed by atoms with Crippen molar-refractivity contribution in [2.45, 2.75) is 45.1 Å². The van der Waals surface area contributed by atoms with E-state index in [0.717, 1.165) is 42.1 Å². The Morgan fingerprint density at radius 2 is 1.77 bits per heavy atom. The van der Waals surface area contributed by atoms with Crippen LogP contribution in [-0.4, -0.2) is 22.8 Å². The number of carbonyl (C=O) groups excluding carboxylic acids is 2. The van der Waals surface area contributed by atoms with E-state index in [1.165, 1.54) is 4.90 Å². The van der Waals surface area contributed by atoms with Crippen molar-refractivity contribution in [3.05, 3.63) is 63.4 Å². The zero-order valence-corrected chi connectivity index (χ0v) is 18.2. The number of amides is 2. The van der Waals surface area contributed by atoms with Gasteiger partial charge < -0.3 is 4.42 Å². The van der Waals surface area contributed by atoms with Crippen molar-refractivity contribution < 1.29 is 14.0 Å². The van der Waals surface area contributed by atoms with E-state index in [2.05, 4.69) is 15.9 Å². The van der Waals surface area contributed by atoms with Gasteiger partial charge >= 0.3 is 0 Å². The average molecular weight is 465 g/mol. The molecule has 0 unspecified atom stereocenters. The number of halogens is 1. The summed E-state index contributed by atoms with van der Waals surface area (Å²) in [6, 6.07) is 13.2. The lowest BCUT2D eigenvalue weighted by Crippen LogP contribution is -2.49. The molecule has 4 rings (SSSR count). The van der Waals surface area contributed by atoms with Gasteiger partial charge in [-0.2, -0.15) is 5.26 Å². The molecule has 1 fully saturated rings. The van der Waals surface area contributed by atoms with Crippen molar-refractivity contribution in [3.8, 4) is 17.4 Å². The normalized spacial score (nSPS) is 19.5. The highest BCUT2D eigenvalue weighted by atomic mass is 79.9. The molecule has 0 N–H and O–H groups in total. The molecule has 1 aliphatic heterocycles. The van der Waals surface area contributed by atoms with Gasteiger partial charge in [-0.3, -0.25) is 14.5 Å². The van der Waals surface area contributed by atoms with Crippen LogP contribution in [0.4, 0.5) is 0 Å². The second kappa shape index (κ2) is 8.45. The van der Waals surface area contributed by atoms with E-state index in [1.807, 2.05) is 36.4 Å². The minimum Gasteiger partial charge on any atom is -0.457 e. The molecule has 30 heavy (non-hydrogen) atoms. The molecule has 1 aromatic carbocycles.